The van der Waals surface area contributed by atoms with E-state index < -0.39 is 32.4 Å². The van der Waals surface area contributed by atoms with Gasteiger partial charge >= 0.3 is 7.82 Å². The van der Waals surface area contributed by atoms with Crippen LogP contribution < -0.4 is 5.73 Å². The summed E-state index contributed by atoms with van der Waals surface area (Å²) >= 11 is 5.26. The van der Waals surface area contributed by atoms with Gasteiger partial charge in [-0.25, -0.2) is 9.55 Å². The molecule has 172 valence electrons. The van der Waals surface area contributed by atoms with E-state index in [2.05, 4.69) is 20.9 Å². The minimum absolute atomic E-state index is 0.0746. The average molecular weight is 518 g/mol. The number of aromatic nitrogens is 4. The van der Waals surface area contributed by atoms with E-state index in [-0.39, 0.29) is 25.3 Å². The lowest BCUT2D eigenvalue weighted by molar-refractivity contribution is -0.0823. The van der Waals surface area contributed by atoms with Gasteiger partial charge in [0.2, 0.25) is 5.95 Å². The Morgan fingerprint density at radius 2 is 2.22 bits per heavy atom. The highest BCUT2D eigenvalue weighted by atomic mass is 33.1. The number of nitrogens with two attached hydrogens (primary N) is 1. The molecule has 5 rings (SSSR count). The second-order valence-corrected chi connectivity index (χ2v) is 11.8. The summed E-state index contributed by atoms with van der Waals surface area (Å²) in [4.78, 5) is 11.4. The molecule has 2 aromatic rings. The van der Waals surface area contributed by atoms with Gasteiger partial charge in [0.1, 0.15) is 41.3 Å². The van der Waals surface area contributed by atoms with E-state index in [1.807, 2.05) is 0 Å². The number of anilines is 1. The van der Waals surface area contributed by atoms with Gasteiger partial charge in [-0.1, -0.05) is 39.7 Å². The summed E-state index contributed by atoms with van der Waals surface area (Å²) in [5.74, 6) is 3.88. The summed E-state index contributed by atoms with van der Waals surface area (Å²) < 4.78 is 44.3. The number of ether oxygens (including phenoxy) is 2. The van der Waals surface area contributed by atoms with Gasteiger partial charge < -0.3 is 20.2 Å². The highest BCUT2D eigenvalue weighted by molar-refractivity contribution is 8.76. The number of fused-ring (bicyclic) bond motifs is 2. The topological polar surface area (TPSA) is 136 Å². The molecule has 0 saturated carbocycles. The van der Waals surface area contributed by atoms with Crippen molar-refractivity contribution in [1.82, 2.24) is 19.5 Å². The van der Waals surface area contributed by atoms with Crippen molar-refractivity contribution in [3.8, 4) is 12.3 Å². The number of hydrogen-bond acceptors (Lipinski definition) is 12. The van der Waals surface area contributed by atoms with Crippen molar-refractivity contribution in [3.05, 3.63) is 11.0 Å². The summed E-state index contributed by atoms with van der Waals surface area (Å²) in [6.45, 7) is 0.231. The average Bonchev–Trinajstić information content (AvgIpc) is 3.36. The number of rotatable bonds is 5. The largest absolute Gasteiger partial charge is 0.475 e. The first kappa shape index (κ1) is 22.6. The smallest absolute Gasteiger partial charge is 0.369 e. The van der Waals surface area contributed by atoms with Crippen LogP contribution in [0, 0.1) is 17.0 Å². The number of imidazole rings is 1. The molecule has 0 spiro atoms. The molecule has 6 atom stereocenters. The van der Waals surface area contributed by atoms with Gasteiger partial charge in [-0.3, -0.25) is 18.1 Å². The second-order valence-electron chi connectivity index (χ2n) is 7.29. The first-order chi connectivity index (χ1) is 15.5. The molecule has 3 saturated heterocycles. The van der Waals surface area contributed by atoms with Gasteiger partial charge in [0.05, 0.1) is 19.0 Å². The SMILES string of the molecule is C#CCO[C@H]1CSSC[C@@H]1OP1(=O)OC[C@H]2O[C@@H](n3cnc4c(=S)[nH]c(N)nc43)C[C@@H]2O1. The lowest BCUT2D eigenvalue weighted by Crippen LogP contribution is -2.40. The molecule has 2 aromatic heterocycles. The van der Waals surface area contributed by atoms with Crippen LogP contribution in [-0.2, 0) is 27.6 Å². The number of nitrogens with one attached hydrogen (secondary N) is 1. The van der Waals surface area contributed by atoms with Crippen molar-refractivity contribution in [2.24, 2.45) is 0 Å². The molecule has 0 radical (unpaired) electrons. The number of aromatic amines is 1. The molecule has 0 amide bonds. The standard InChI is InChI=1S/C17H20N5O6PS3/c1-2-3-24-11-6-31-32-7-12(11)28-29(23)25-5-10-9(27-29)4-13(26-10)22-8-19-14-15(22)20-17(18)21-16(14)30/h1,8-13H,3-7H2,(H3,18,20,21,30)/t9-,10+,11-,12-,13+,29?/m0/s1. The van der Waals surface area contributed by atoms with E-state index in [4.69, 9.17) is 47.4 Å². The molecule has 11 nitrogen and oxygen atoms in total. The molecule has 3 aliphatic rings. The Morgan fingerprint density at radius 3 is 3.03 bits per heavy atom. The Labute approximate surface area is 196 Å². The molecular weight excluding hydrogens is 497 g/mol. The number of terminal acetylenes is 1. The third kappa shape index (κ3) is 4.46. The first-order valence-corrected chi connectivity index (χ1v) is 14.1. The molecular formula is C17H20N5O6PS3. The lowest BCUT2D eigenvalue weighted by Gasteiger charge is -2.35. The zero-order valence-electron chi connectivity index (χ0n) is 16.6. The molecule has 32 heavy (non-hydrogen) atoms. The number of nitrogens with zero attached hydrogens (tertiary/aromatic N) is 3. The zero-order valence-corrected chi connectivity index (χ0v) is 20.0. The monoisotopic (exact) mass is 517 g/mol. The van der Waals surface area contributed by atoms with Gasteiger partial charge in [0, 0.05) is 17.9 Å². The fourth-order valence-corrected chi connectivity index (χ4v) is 8.10. The summed E-state index contributed by atoms with van der Waals surface area (Å²) in [7, 11) is -0.538. The van der Waals surface area contributed by atoms with Crippen LogP contribution in [0.3, 0.4) is 0 Å². The van der Waals surface area contributed by atoms with E-state index in [9.17, 15) is 4.57 Å². The molecule has 0 aliphatic carbocycles. The molecule has 0 aromatic carbocycles. The first-order valence-electron chi connectivity index (χ1n) is 9.74. The minimum Gasteiger partial charge on any atom is -0.369 e. The fraction of sp³-hybridized carbons (Fsp3) is 0.588. The highest BCUT2D eigenvalue weighted by Gasteiger charge is 2.49. The third-order valence-electron chi connectivity index (χ3n) is 5.21. The maximum absolute atomic E-state index is 13.3. The van der Waals surface area contributed by atoms with E-state index in [0.29, 0.717) is 33.7 Å². The van der Waals surface area contributed by atoms with Crippen LogP contribution >= 0.6 is 41.6 Å². The Kier molecular flexibility index (Phi) is 6.54. The van der Waals surface area contributed by atoms with Crippen molar-refractivity contribution in [2.45, 2.75) is 37.1 Å². The van der Waals surface area contributed by atoms with Crippen molar-refractivity contribution in [3.63, 3.8) is 0 Å². The number of phosphoric acid groups is 1. The molecule has 3 N–H and O–H groups in total. The fourth-order valence-electron chi connectivity index (χ4n) is 3.72. The Hall–Kier alpha value is -1.14. The predicted octanol–water partition coefficient (Wildman–Crippen LogP) is 2.68. The van der Waals surface area contributed by atoms with E-state index in [0.717, 1.165) is 0 Å². The summed E-state index contributed by atoms with van der Waals surface area (Å²) in [6.07, 6.45) is 5.19. The third-order valence-corrected chi connectivity index (χ3v) is 9.44. The maximum Gasteiger partial charge on any atom is 0.475 e. The number of nitrogen functional groups attached to an aromatic ring is 1. The number of hydrogen-bond donors (Lipinski definition) is 2. The van der Waals surface area contributed by atoms with Crippen LogP contribution in [0.2, 0.25) is 0 Å². The van der Waals surface area contributed by atoms with Gasteiger partial charge in [0.25, 0.3) is 0 Å². The highest BCUT2D eigenvalue weighted by Crippen LogP contribution is 2.58. The van der Waals surface area contributed by atoms with Crippen LogP contribution in [0.4, 0.5) is 5.95 Å². The Bertz CT molecular complexity index is 1150. The maximum atomic E-state index is 13.3. The normalized spacial score (nSPS) is 34.9. The number of phosphoric ester groups is 1. The van der Waals surface area contributed by atoms with Crippen LogP contribution in [0.25, 0.3) is 11.2 Å². The molecule has 3 aliphatic heterocycles. The molecule has 5 heterocycles. The van der Waals surface area contributed by atoms with Gasteiger partial charge in [0.15, 0.2) is 5.65 Å². The molecule has 3 fully saturated rings. The summed E-state index contributed by atoms with van der Waals surface area (Å²) in [5.41, 5.74) is 6.82. The minimum atomic E-state index is -3.80. The van der Waals surface area contributed by atoms with Crippen LogP contribution in [0.5, 0.6) is 0 Å². The van der Waals surface area contributed by atoms with Crippen LogP contribution in [0.15, 0.2) is 6.33 Å². The van der Waals surface area contributed by atoms with Gasteiger partial charge in [-0.05, 0) is 0 Å². The van der Waals surface area contributed by atoms with Crippen molar-refractivity contribution < 1.29 is 27.6 Å². The Balaban J connectivity index is 1.29. The van der Waals surface area contributed by atoms with Gasteiger partial charge in [-0.2, -0.15) is 4.98 Å². The lowest BCUT2D eigenvalue weighted by atomic mass is 10.2. The Morgan fingerprint density at radius 1 is 1.41 bits per heavy atom. The quantitative estimate of drug-likeness (QED) is 0.261. The van der Waals surface area contributed by atoms with Crippen LogP contribution in [0.1, 0.15) is 12.6 Å². The zero-order chi connectivity index (χ0) is 22.3. The van der Waals surface area contributed by atoms with E-state index in [1.54, 1.807) is 32.5 Å². The number of H-pyrrole nitrogens is 1. The molecule has 0 bridgehead atoms. The predicted molar refractivity (Wildman–Crippen MR) is 122 cm³/mol. The van der Waals surface area contributed by atoms with Gasteiger partial charge in [-0.15, -0.1) is 6.42 Å². The van der Waals surface area contributed by atoms with Crippen molar-refractivity contribution >= 4 is 58.7 Å². The van der Waals surface area contributed by atoms with E-state index in [1.165, 1.54) is 0 Å². The van der Waals surface area contributed by atoms with Crippen molar-refractivity contribution in [1.29, 1.82) is 0 Å². The molecule has 15 heteroatoms. The second kappa shape index (κ2) is 9.25. The van der Waals surface area contributed by atoms with Crippen molar-refractivity contribution in [2.75, 3.05) is 30.5 Å². The summed E-state index contributed by atoms with van der Waals surface area (Å²) in [5, 5.41) is 0. The van der Waals surface area contributed by atoms with E-state index >= 15 is 0 Å². The summed E-state index contributed by atoms with van der Waals surface area (Å²) in [6, 6.07) is 0. The molecule has 1 unspecified atom stereocenters. The van der Waals surface area contributed by atoms with Crippen LogP contribution in [-0.4, -0.2) is 68.7 Å².